The van der Waals surface area contributed by atoms with Gasteiger partial charge in [-0.2, -0.15) is 0 Å². The van der Waals surface area contributed by atoms with Gasteiger partial charge in [0.2, 0.25) is 0 Å². The SMILES string of the molecule is CCOC(=O)CC(CC)OC(=O)CC. The van der Waals surface area contributed by atoms with Crippen LogP contribution in [0.1, 0.15) is 40.0 Å². The van der Waals surface area contributed by atoms with Gasteiger partial charge in [0.1, 0.15) is 6.10 Å². The van der Waals surface area contributed by atoms with Crippen molar-refractivity contribution in [3.8, 4) is 0 Å². The minimum atomic E-state index is -0.346. The smallest absolute Gasteiger partial charge is 0.309 e. The summed E-state index contributed by atoms with van der Waals surface area (Å²) in [5, 5.41) is 0. The number of hydrogen-bond acceptors (Lipinski definition) is 4. The summed E-state index contributed by atoms with van der Waals surface area (Å²) in [6, 6.07) is 0. The Hall–Kier alpha value is -1.06. The lowest BCUT2D eigenvalue weighted by molar-refractivity contribution is -0.154. The van der Waals surface area contributed by atoms with Gasteiger partial charge in [0.15, 0.2) is 0 Å². The van der Waals surface area contributed by atoms with Crippen LogP contribution in [0.2, 0.25) is 0 Å². The maximum Gasteiger partial charge on any atom is 0.309 e. The summed E-state index contributed by atoms with van der Waals surface area (Å²) in [4.78, 5) is 22.0. The molecule has 0 aromatic rings. The Kier molecular flexibility index (Phi) is 6.80. The molecule has 4 heteroatoms. The molecule has 14 heavy (non-hydrogen) atoms. The van der Waals surface area contributed by atoms with Crippen molar-refractivity contribution in [2.45, 2.75) is 46.1 Å². The van der Waals surface area contributed by atoms with Crippen molar-refractivity contribution >= 4 is 11.9 Å². The molecular weight excluding hydrogens is 184 g/mol. The van der Waals surface area contributed by atoms with Crippen LogP contribution in [0.3, 0.4) is 0 Å². The second-order valence-electron chi connectivity index (χ2n) is 2.88. The van der Waals surface area contributed by atoms with E-state index in [0.717, 1.165) is 0 Å². The third-order valence-corrected chi connectivity index (χ3v) is 1.74. The molecule has 0 saturated heterocycles. The molecule has 0 heterocycles. The van der Waals surface area contributed by atoms with Gasteiger partial charge in [0.25, 0.3) is 0 Å². The Morgan fingerprint density at radius 3 is 2.21 bits per heavy atom. The van der Waals surface area contributed by atoms with E-state index in [0.29, 0.717) is 19.4 Å². The molecule has 0 radical (unpaired) electrons. The molecule has 0 aromatic carbocycles. The van der Waals surface area contributed by atoms with E-state index >= 15 is 0 Å². The van der Waals surface area contributed by atoms with Gasteiger partial charge in [-0.1, -0.05) is 13.8 Å². The standard InChI is InChI=1S/C10H18O4/c1-4-8(14-9(11)5-2)7-10(12)13-6-3/h8H,4-7H2,1-3H3. The third-order valence-electron chi connectivity index (χ3n) is 1.74. The Labute approximate surface area is 84.6 Å². The van der Waals surface area contributed by atoms with E-state index in [2.05, 4.69) is 0 Å². The van der Waals surface area contributed by atoms with E-state index in [1.165, 1.54) is 0 Å². The minimum absolute atomic E-state index is 0.149. The van der Waals surface area contributed by atoms with Gasteiger partial charge in [-0.25, -0.2) is 0 Å². The van der Waals surface area contributed by atoms with E-state index in [4.69, 9.17) is 9.47 Å². The topological polar surface area (TPSA) is 52.6 Å². The lowest BCUT2D eigenvalue weighted by Crippen LogP contribution is -2.21. The van der Waals surface area contributed by atoms with Gasteiger partial charge in [-0.15, -0.1) is 0 Å². The largest absolute Gasteiger partial charge is 0.466 e. The van der Waals surface area contributed by atoms with Crippen LogP contribution in [0.5, 0.6) is 0 Å². The average Bonchev–Trinajstić information content (AvgIpc) is 2.16. The molecule has 0 spiro atoms. The normalized spacial score (nSPS) is 11.9. The monoisotopic (exact) mass is 202 g/mol. The average molecular weight is 202 g/mol. The lowest BCUT2D eigenvalue weighted by Gasteiger charge is -2.14. The second-order valence-corrected chi connectivity index (χ2v) is 2.88. The van der Waals surface area contributed by atoms with Crippen LogP contribution in [-0.4, -0.2) is 24.6 Å². The van der Waals surface area contributed by atoms with E-state index in [9.17, 15) is 9.59 Å². The van der Waals surface area contributed by atoms with Crippen LogP contribution in [0.25, 0.3) is 0 Å². The maximum atomic E-state index is 11.1. The molecule has 1 unspecified atom stereocenters. The van der Waals surface area contributed by atoms with Gasteiger partial charge >= 0.3 is 11.9 Å². The molecule has 0 N–H and O–H groups in total. The van der Waals surface area contributed by atoms with Crippen molar-refractivity contribution in [3.05, 3.63) is 0 Å². The summed E-state index contributed by atoms with van der Waals surface area (Å²) in [6.45, 7) is 5.69. The van der Waals surface area contributed by atoms with Crippen LogP contribution < -0.4 is 0 Å². The molecule has 0 bridgehead atoms. The summed E-state index contributed by atoms with van der Waals surface area (Å²) in [6.07, 6.45) is 0.765. The highest BCUT2D eigenvalue weighted by molar-refractivity contribution is 5.72. The Morgan fingerprint density at radius 1 is 1.14 bits per heavy atom. The first-order valence-corrected chi connectivity index (χ1v) is 4.99. The molecular formula is C10H18O4. The van der Waals surface area contributed by atoms with Gasteiger partial charge in [-0.05, 0) is 13.3 Å². The molecule has 0 aliphatic carbocycles. The molecule has 0 aliphatic heterocycles. The molecule has 0 rings (SSSR count). The molecule has 0 aliphatic rings. The zero-order valence-corrected chi connectivity index (χ0v) is 9.04. The number of esters is 2. The molecule has 82 valence electrons. The van der Waals surface area contributed by atoms with Gasteiger partial charge in [-0.3, -0.25) is 9.59 Å². The summed E-state index contributed by atoms with van der Waals surface area (Å²) in [5.41, 5.74) is 0. The maximum absolute atomic E-state index is 11.1. The van der Waals surface area contributed by atoms with E-state index in [-0.39, 0.29) is 24.5 Å². The molecule has 0 aromatic heterocycles. The highest BCUT2D eigenvalue weighted by atomic mass is 16.6. The van der Waals surface area contributed by atoms with Gasteiger partial charge in [0.05, 0.1) is 13.0 Å². The fraction of sp³-hybridized carbons (Fsp3) is 0.800. The first kappa shape index (κ1) is 12.9. The van der Waals surface area contributed by atoms with E-state index < -0.39 is 0 Å². The van der Waals surface area contributed by atoms with Crippen LogP contribution in [-0.2, 0) is 19.1 Å². The van der Waals surface area contributed by atoms with Crippen LogP contribution in [0.15, 0.2) is 0 Å². The van der Waals surface area contributed by atoms with Crippen LogP contribution in [0, 0.1) is 0 Å². The Bertz CT molecular complexity index is 189. The summed E-state index contributed by atoms with van der Waals surface area (Å²) in [7, 11) is 0. The summed E-state index contributed by atoms with van der Waals surface area (Å²) < 4.78 is 9.79. The quantitative estimate of drug-likeness (QED) is 0.615. The Balaban J connectivity index is 3.89. The molecule has 0 amide bonds. The first-order chi connectivity index (χ1) is 6.63. The summed E-state index contributed by atoms with van der Waals surface area (Å²) in [5.74, 6) is -0.593. The van der Waals surface area contributed by atoms with Crippen molar-refractivity contribution in [1.82, 2.24) is 0 Å². The number of hydrogen-bond donors (Lipinski definition) is 0. The molecule has 4 nitrogen and oxygen atoms in total. The highest BCUT2D eigenvalue weighted by Crippen LogP contribution is 2.06. The van der Waals surface area contributed by atoms with Gasteiger partial charge < -0.3 is 9.47 Å². The fourth-order valence-corrected chi connectivity index (χ4v) is 0.944. The Morgan fingerprint density at radius 2 is 1.79 bits per heavy atom. The third kappa shape index (κ3) is 5.56. The van der Waals surface area contributed by atoms with Crippen molar-refractivity contribution in [3.63, 3.8) is 0 Å². The first-order valence-electron chi connectivity index (χ1n) is 4.99. The second kappa shape index (κ2) is 7.35. The predicted molar refractivity (Wildman–Crippen MR) is 51.7 cm³/mol. The zero-order chi connectivity index (χ0) is 11.0. The predicted octanol–water partition coefficient (Wildman–Crippen LogP) is 1.67. The van der Waals surface area contributed by atoms with Gasteiger partial charge in [0, 0.05) is 6.42 Å². The van der Waals surface area contributed by atoms with Crippen molar-refractivity contribution in [2.24, 2.45) is 0 Å². The highest BCUT2D eigenvalue weighted by Gasteiger charge is 2.16. The summed E-state index contributed by atoms with van der Waals surface area (Å²) >= 11 is 0. The van der Waals surface area contributed by atoms with Crippen molar-refractivity contribution in [2.75, 3.05) is 6.61 Å². The van der Waals surface area contributed by atoms with Crippen LogP contribution >= 0.6 is 0 Å². The number of carbonyl (C=O) groups is 2. The number of ether oxygens (including phenoxy) is 2. The molecule has 1 atom stereocenters. The fourth-order valence-electron chi connectivity index (χ4n) is 0.944. The molecule has 0 fully saturated rings. The zero-order valence-electron chi connectivity index (χ0n) is 9.04. The van der Waals surface area contributed by atoms with Crippen LogP contribution in [0.4, 0.5) is 0 Å². The lowest BCUT2D eigenvalue weighted by atomic mass is 10.2. The van der Waals surface area contributed by atoms with Crippen molar-refractivity contribution in [1.29, 1.82) is 0 Å². The van der Waals surface area contributed by atoms with E-state index in [1.54, 1.807) is 13.8 Å². The number of rotatable bonds is 6. The minimum Gasteiger partial charge on any atom is -0.466 e. The number of carbonyl (C=O) groups excluding carboxylic acids is 2. The van der Waals surface area contributed by atoms with Crippen molar-refractivity contribution < 1.29 is 19.1 Å². The van der Waals surface area contributed by atoms with E-state index in [1.807, 2.05) is 6.92 Å². The molecule has 0 saturated carbocycles.